The van der Waals surface area contributed by atoms with Crippen LogP contribution >= 0.6 is 0 Å². The average molecular weight is 406 g/mol. The minimum Gasteiger partial charge on any atom is -0.506 e. The maximum Gasteiger partial charge on any atom is 0.298 e. The molecule has 0 unspecified atom stereocenters. The first-order valence-electron chi connectivity index (χ1n) is 10.6. The number of hydrogen-bond donors (Lipinski definition) is 1. The molecule has 1 N–H and O–H groups in total. The molecule has 0 bridgehead atoms. The zero-order chi connectivity index (χ0) is 20.5. The van der Waals surface area contributed by atoms with Gasteiger partial charge in [-0.05, 0) is 37.1 Å². The molecule has 2 aliphatic heterocycles. The van der Waals surface area contributed by atoms with Crippen molar-refractivity contribution in [3.63, 3.8) is 0 Å². The Labute approximate surface area is 175 Å². The molecular weight excluding hydrogens is 380 g/mol. The van der Waals surface area contributed by atoms with Crippen molar-refractivity contribution in [1.82, 2.24) is 9.88 Å². The van der Waals surface area contributed by atoms with E-state index in [2.05, 4.69) is 14.8 Å². The van der Waals surface area contributed by atoms with Gasteiger partial charge in [-0.1, -0.05) is 24.3 Å². The van der Waals surface area contributed by atoms with Crippen molar-refractivity contribution < 1.29 is 14.3 Å². The van der Waals surface area contributed by atoms with Gasteiger partial charge in [0, 0.05) is 45.2 Å². The third kappa shape index (κ3) is 3.56. The van der Waals surface area contributed by atoms with Gasteiger partial charge in [0.05, 0.1) is 5.69 Å². The number of anilines is 2. The molecule has 0 atom stereocenters. The molecule has 7 heteroatoms. The molecule has 0 saturated carbocycles. The van der Waals surface area contributed by atoms with Crippen LogP contribution in [-0.4, -0.2) is 60.2 Å². The summed E-state index contributed by atoms with van der Waals surface area (Å²) in [7, 11) is 0. The van der Waals surface area contributed by atoms with Gasteiger partial charge in [-0.15, -0.1) is 0 Å². The molecule has 0 radical (unpaired) electrons. The quantitative estimate of drug-likeness (QED) is 0.721. The smallest absolute Gasteiger partial charge is 0.298 e. The van der Waals surface area contributed by atoms with Gasteiger partial charge in [0.25, 0.3) is 6.01 Å². The molecule has 5 rings (SSSR count). The van der Waals surface area contributed by atoms with Crippen molar-refractivity contribution >= 4 is 28.7 Å². The molecule has 0 spiro atoms. The molecular formula is C23H26N4O3. The van der Waals surface area contributed by atoms with E-state index in [-0.39, 0.29) is 11.8 Å². The monoisotopic (exact) mass is 406 g/mol. The number of piperidine rings is 1. The van der Waals surface area contributed by atoms with Crippen molar-refractivity contribution in [1.29, 1.82) is 0 Å². The van der Waals surface area contributed by atoms with Gasteiger partial charge < -0.3 is 24.2 Å². The highest BCUT2D eigenvalue weighted by Gasteiger charge is 2.32. The molecule has 0 aliphatic carbocycles. The Kier molecular flexibility index (Phi) is 4.94. The zero-order valence-corrected chi connectivity index (χ0v) is 16.9. The Balaban J connectivity index is 1.16. The van der Waals surface area contributed by atoms with Crippen LogP contribution in [-0.2, 0) is 4.79 Å². The Morgan fingerprint density at radius 1 is 0.900 bits per heavy atom. The van der Waals surface area contributed by atoms with Crippen molar-refractivity contribution in [3.05, 3.63) is 48.5 Å². The number of carbonyl (C=O) groups is 1. The molecule has 3 heterocycles. The third-order valence-corrected chi connectivity index (χ3v) is 6.21. The second-order valence-electron chi connectivity index (χ2n) is 8.03. The molecule has 1 aromatic heterocycles. The van der Waals surface area contributed by atoms with E-state index in [1.54, 1.807) is 6.07 Å². The number of benzene rings is 2. The molecule has 2 aliphatic rings. The first kappa shape index (κ1) is 18.8. The molecule has 3 aromatic rings. The summed E-state index contributed by atoms with van der Waals surface area (Å²) >= 11 is 0. The molecule has 30 heavy (non-hydrogen) atoms. The summed E-state index contributed by atoms with van der Waals surface area (Å²) in [4.78, 5) is 23.9. The summed E-state index contributed by atoms with van der Waals surface area (Å²) in [6.45, 7) is 4.43. The van der Waals surface area contributed by atoms with E-state index in [1.165, 1.54) is 0 Å². The lowest BCUT2D eigenvalue weighted by atomic mass is 9.95. The number of fused-ring (bicyclic) bond motifs is 1. The molecule has 1 amide bonds. The Morgan fingerprint density at radius 3 is 2.33 bits per heavy atom. The number of nitrogens with zero attached hydrogens (tertiary/aromatic N) is 4. The van der Waals surface area contributed by atoms with Crippen LogP contribution < -0.4 is 9.80 Å². The Bertz CT molecular complexity index is 1000. The topological polar surface area (TPSA) is 73.1 Å². The van der Waals surface area contributed by atoms with Crippen LogP contribution in [0.5, 0.6) is 5.75 Å². The largest absolute Gasteiger partial charge is 0.506 e. The number of carbonyl (C=O) groups excluding carboxylic acids is 1. The first-order chi connectivity index (χ1) is 14.7. The number of oxazole rings is 1. The Morgan fingerprint density at radius 2 is 1.60 bits per heavy atom. The van der Waals surface area contributed by atoms with Crippen LogP contribution in [0, 0.1) is 5.92 Å². The number of aromatic nitrogens is 1. The number of para-hydroxylation sites is 4. The summed E-state index contributed by atoms with van der Waals surface area (Å²) in [6, 6.07) is 15.8. The predicted octanol–water partition coefficient (Wildman–Crippen LogP) is 3.10. The van der Waals surface area contributed by atoms with E-state index in [0.29, 0.717) is 24.9 Å². The first-order valence-corrected chi connectivity index (χ1v) is 10.6. The van der Waals surface area contributed by atoms with E-state index in [9.17, 15) is 9.90 Å². The summed E-state index contributed by atoms with van der Waals surface area (Å²) in [5, 5.41) is 10.1. The standard InChI is InChI=1S/C23H26N4O3/c28-20-7-3-2-6-19(20)25-13-15-26(16-14-25)22(29)17-9-11-27(12-10-17)23-24-18-5-1-4-8-21(18)30-23/h1-8,17,28H,9-16H2. The number of phenols is 1. The van der Waals surface area contributed by atoms with Gasteiger partial charge in [-0.3, -0.25) is 4.79 Å². The van der Waals surface area contributed by atoms with Crippen LogP contribution in [0.4, 0.5) is 11.7 Å². The van der Waals surface area contributed by atoms with E-state index >= 15 is 0 Å². The fourth-order valence-corrected chi connectivity index (χ4v) is 4.47. The van der Waals surface area contributed by atoms with E-state index < -0.39 is 0 Å². The van der Waals surface area contributed by atoms with Gasteiger partial charge in [0.2, 0.25) is 5.91 Å². The third-order valence-electron chi connectivity index (χ3n) is 6.21. The van der Waals surface area contributed by atoms with Crippen molar-refractivity contribution in [2.24, 2.45) is 5.92 Å². The van der Waals surface area contributed by atoms with Gasteiger partial charge >= 0.3 is 0 Å². The van der Waals surface area contributed by atoms with E-state index in [0.717, 1.165) is 55.8 Å². The van der Waals surface area contributed by atoms with Crippen molar-refractivity contribution in [3.8, 4) is 5.75 Å². The number of rotatable bonds is 3. The lowest BCUT2D eigenvalue weighted by molar-refractivity contribution is -0.136. The minimum atomic E-state index is 0.0577. The number of aromatic hydroxyl groups is 1. The molecule has 2 fully saturated rings. The zero-order valence-electron chi connectivity index (χ0n) is 16.9. The average Bonchev–Trinajstić information content (AvgIpc) is 3.24. The summed E-state index contributed by atoms with van der Waals surface area (Å²) in [6.07, 6.45) is 1.63. The fraction of sp³-hybridized carbons (Fsp3) is 0.391. The number of amides is 1. The summed E-state index contributed by atoms with van der Waals surface area (Å²) in [5.74, 6) is 0.607. The number of piperazine rings is 1. The lowest BCUT2D eigenvalue weighted by Gasteiger charge is -2.39. The molecule has 7 nitrogen and oxygen atoms in total. The van der Waals surface area contributed by atoms with Gasteiger partial charge in [-0.2, -0.15) is 4.98 Å². The van der Waals surface area contributed by atoms with Crippen molar-refractivity contribution in [2.75, 3.05) is 49.1 Å². The second kappa shape index (κ2) is 7.89. The fourth-order valence-electron chi connectivity index (χ4n) is 4.47. The van der Waals surface area contributed by atoms with E-state index in [1.807, 2.05) is 47.4 Å². The van der Waals surface area contributed by atoms with Crippen LogP contribution in [0.1, 0.15) is 12.8 Å². The Hall–Kier alpha value is -3.22. The van der Waals surface area contributed by atoms with Crippen LogP contribution in [0.15, 0.2) is 52.9 Å². The molecule has 2 aromatic carbocycles. The lowest BCUT2D eigenvalue weighted by Crippen LogP contribution is -2.51. The predicted molar refractivity (Wildman–Crippen MR) is 116 cm³/mol. The highest BCUT2D eigenvalue weighted by atomic mass is 16.4. The maximum absolute atomic E-state index is 13.0. The maximum atomic E-state index is 13.0. The second-order valence-corrected chi connectivity index (χ2v) is 8.03. The highest BCUT2D eigenvalue weighted by molar-refractivity contribution is 5.80. The summed E-state index contributed by atoms with van der Waals surface area (Å²) in [5.41, 5.74) is 2.51. The molecule has 156 valence electrons. The van der Waals surface area contributed by atoms with Gasteiger partial charge in [0.1, 0.15) is 11.3 Å². The number of hydrogen-bond acceptors (Lipinski definition) is 6. The number of phenolic OH excluding ortho intramolecular Hbond substituents is 1. The SMILES string of the molecule is O=C(C1CCN(c2nc3ccccc3o2)CC1)N1CCN(c2ccccc2O)CC1. The normalized spacial score (nSPS) is 18.2. The van der Waals surface area contributed by atoms with Gasteiger partial charge in [0.15, 0.2) is 5.58 Å². The van der Waals surface area contributed by atoms with Crippen molar-refractivity contribution in [2.45, 2.75) is 12.8 Å². The van der Waals surface area contributed by atoms with Crippen LogP contribution in [0.25, 0.3) is 11.1 Å². The van der Waals surface area contributed by atoms with E-state index in [4.69, 9.17) is 4.42 Å². The van der Waals surface area contributed by atoms with Crippen LogP contribution in [0.3, 0.4) is 0 Å². The van der Waals surface area contributed by atoms with Gasteiger partial charge in [-0.25, -0.2) is 0 Å². The van der Waals surface area contributed by atoms with Crippen LogP contribution in [0.2, 0.25) is 0 Å². The molecule has 2 saturated heterocycles. The summed E-state index contributed by atoms with van der Waals surface area (Å²) < 4.78 is 5.88. The highest BCUT2D eigenvalue weighted by Crippen LogP contribution is 2.29. The minimum absolute atomic E-state index is 0.0577.